The lowest BCUT2D eigenvalue weighted by Gasteiger charge is -2.32. The van der Waals surface area contributed by atoms with Gasteiger partial charge in [0.15, 0.2) is 0 Å². The molecule has 1 amide bonds. The molecule has 9 heteroatoms. The lowest BCUT2D eigenvalue weighted by Crippen LogP contribution is -2.46. The van der Waals surface area contributed by atoms with Crippen LogP contribution in [0.25, 0.3) is 0 Å². The molecule has 1 fully saturated rings. The second-order valence-corrected chi connectivity index (χ2v) is 8.19. The molecule has 27 heavy (non-hydrogen) atoms. The summed E-state index contributed by atoms with van der Waals surface area (Å²) in [4.78, 5) is 14.0. The van der Waals surface area contributed by atoms with Gasteiger partial charge in [-0.3, -0.25) is 4.79 Å². The number of hydrogen-bond acceptors (Lipinski definition) is 6. The Morgan fingerprint density at radius 2 is 1.89 bits per heavy atom. The summed E-state index contributed by atoms with van der Waals surface area (Å²) in [6.45, 7) is 1.97. The van der Waals surface area contributed by atoms with Gasteiger partial charge in [0, 0.05) is 38.9 Å². The molecule has 1 heterocycles. The van der Waals surface area contributed by atoms with Crippen LogP contribution in [0.15, 0.2) is 36.0 Å². The van der Waals surface area contributed by atoms with E-state index in [-0.39, 0.29) is 5.57 Å². The smallest absolute Gasteiger partial charge is 0.263 e. The van der Waals surface area contributed by atoms with Crippen LogP contribution < -0.4 is 10.1 Å². The van der Waals surface area contributed by atoms with Crippen molar-refractivity contribution in [3.8, 4) is 11.8 Å². The summed E-state index contributed by atoms with van der Waals surface area (Å²) in [7, 11) is -1.61. The average Bonchev–Trinajstić information content (AvgIpc) is 2.66. The molecule has 0 saturated carbocycles. The monoisotopic (exact) mass is 392 g/mol. The van der Waals surface area contributed by atoms with E-state index in [1.807, 2.05) is 30.3 Å². The molecule has 1 aromatic carbocycles. The molecule has 0 radical (unpaired) electrons. The van der Waals surface area contributed by atoms with Gasteiger partial charge < -0.3 is 15.0 Å². The summed E-state index contributed by atoms with van der Waals surface area (Å²) < 4.78 is 29.5. The second kappa shape index (κ2) is 9.39. The van der Waals surface area contributed by atoms with Crippen molar-refractivity contribution in [1.82, 2.24) is 14.5 Å². The first kappa shape index (κ1) is 20.7. The van der Waals surface area contributed by atoms with Crippen LogP contribution in [0.5, 0.6) is 5.75 Å². The van der Waals surface area contributed by atoms with Crippen LogP contribution in [0.4, 0.5) is 0 Å². The van der Waals surface area contributed by atoms with Crippen molar-refractivity contribution < 1.29 is 17.9 Å². The number of rotatable bonds is 7. The molecule has 1 saturated heterocycles. The van der Waals surface area contributed by atoms with E-state index in [1.165, 1.54) is 16.8 Å². The highest BCUT2D eigenvalue weighted by atomic mass is 32.2. The number of sulfonamides is 1. The molecule has 2 rings (SSSR count). The standard InChI is InChI=1S/C18H24N4O4S/c1-26-17-5-3-15(4-6-17)7-8-20-18(23)16(13-19)14-21-9-11-22(12-10-21)27(2,24)25/h3-6,14H,7-12H2,1-2H3,(H,20,23)/b16-14-. The van der Waals surface area contributed by atoms with E-state index in [0.717, 1.165) is 11.3 Å². The third-order valence-corrected chi connectivity index (χ3v) is 5.58. The van der Waals surface area contributed by atoms with E-state index in [2.05, 4.69) is 5.32 Å². The molecule has 1 N–H and O–H groups in total. The van der Waals surface area contributed by atoms with E-state index in [1.54, 1.807) is 12.0 Å². The highest BCUT2D eigenvalue weighted by molar-refractivity contribution is 7.88. The Morgan fingerprint density at radius 1 is 1.26 bits per heavy atom. The van der Waals surface area contributed by atoms with Crippen LogP contribution in [0.1, 0.15) is 5.56 Å². The van der Waals surface area contributed by atoms with Gasteiger partial charge in [-0.15, -0.1) is 0 Å². The summed E-state index contributed by atoms with van der Waals surface area (Å²) in [5, 5.41) is 12.0. The van der Waals surface area contributed by atoms with Crippen molar-refractivity contribution in [3.63, 3.8) is 0 Å². The topological polar surface area (TPSA) is 103 Å². The minimum atomic E-state index is -3.21. The van der Waals surface area contributed by atoms with E-state index in [4.69, 9.17) is 4.74 Å². The number of nitrogens with one attached hydrogen (secondary N) is 1. The van der Waals surface area contributed by atoms with Crippen molar-refractivity contribution in [2.24, 2.45) is 0 Å². The summed E-state index contributed by atoms with van der Waals surface area (Å²) in [5.74, 6) is 0.338. The zero-order chi connectivity index (χ0) is 19.9. The predicted molar refractivity (Wildman–Crippen MR) is 101 cm³/mol. The maximum absolute atomic E-state index is 12.2. The average molecular weight is 392 g/mol. The second-order valence-electron chi connectivity index (χ2n) is 6.21. The highest BCUT2D eigenvalue weighted by Gasteiger charge is 2.22. The minimum absolute atomic E-state index is 0.0116. The maximum atomic E-state index is 12.2. The van der Waals surface area contributed by atoms with Crippen LogP contribution in [0.3, 0.4) is 0 Å². The largest absolute Gasteiger partial charge is 0.497 e. The zero-order valence-electron chi connectivity index (χ0n) is 15.5. The Hall–Kier alpha value is -2.57. The number of carbonyl (C=O) groups is 1. The molecule has 8 nitrogen and oxygen atoms in total. The minimum Gasteiger partial charge on any atom is -0.497 e. The molecule has 1 aliphatic heterocycles. The zero-order valence-corrected chi connectivity index (χ0v) is 16.3. The number of ether oxygens (including phenoxy) is 1. The predicted octanol–water partition coefficient (Wildman–Crippen LogP) is 0.339. The van der Waals surface area contributed by atoms with Gasteiger partial charge in [-0.1, -0.05) is 12.1 Å². The summed E-state index contributed by atoms with van der Waals surface area (Å²) in [6, 6.07) is 9.47. The summed E-state index contributed by atoms with van der Waals surface area (Å²) in [6.07, 6.45) is 3.32. The first-order valence-electron chi connectivity index (χ1n) is 8.55. The molecule has 1 aromatic rings. The van der Waals surface area contributed by atoms with Gasteiger partial charge in [-0.05, 0) is 24.1 Å². The Bertz CT molecular complexity index is 820. The number of nitriles is 1. The molecule has 0 aliphatic carbocycles. The van der Waals surface area contributed by atoms with Gasteiger partial charge in [0.05, 0.1) is 13.4 Å². The highest BCUT2D eigenvalue weighted by Crippen LogP contribution is 2.11. The van der Waals surface area contributed by atoms with Crippen molar-refractivity contribution >= 4 is 15.9 Å². The van der Waals surface area contributed by atoms with Crippen molar-refractivity contribution in [2.45, 2.75) is 6.42 Å². The molecular formula is C18H24N4O4S. The Kier molecular flexibility index (Phi) is 7.21. The van der Waals surface area contributed by atoms with E-state index < -0.39 is 15.9 Å². The van der Waals surface area contributed by atoms with Crippen LogP contribution in [-0.4, -0.2) is 69.6 Å². The van der Waals surface area contributed by atoms with E-state index >= 15 is 0 Å². The lowest BCUT2D eigenvalue weighted by atomic mass is 10.1. The van der Waals surface area contributed by atoms with Gasteiger partial charge in [-0.25, -0.2) is 8.42 Å². The fourth-order valence-corrected chi connectivity index (χ4v) is 3.52. The third kappa shape index (κ3) is 6.27. The Balaban J connectivity index is 1.84. The number of carbonyl (C=O) groups excluding carboxylic acids is 1. The van der Waals surface area contributed by atoms with E-state index in [0.29, 0.717) is 39.1 Å². The molecule has 0 atom stereocenters. The van der Waals surface area contributed by atoms with Gasteiger partial charge in [0.2, 0.25) is 10.0 Å². The van der Waals surface area contributed by atoms with Crippen LogP contribution >= 0.6 is 0 Å². The SMILES string of the molecule is COc1ccc(CCNC(=O)/C(C#N)=C\N2CCN(S(C)(=O)=O)CC2)cc1. The number of methoxy groups -OCH3 is 1. The number of benzene rings is 1. The molecule has 0 unspecified atom stereocenters. The number of nitrogens with zero attached hydrogens (tertiary/aromatic N) is 3. The van der Waals surface area contributed by atoms with Crippen LogP contribution in [0.2, 0.25) is 0 Å². The van der Waals surface area contributed by atoms with Gasteiger partial charge in [0.25, 0.3) is 5.91 Å². The first-order chi connectivity index (χ1) is 12.8. The fourth-order valence-electron chi connectivity index (χ4n) is 2.69. The number of hydrogen-bond donors (Lipinski definition) is 1. The molecule has 1 aliphatic rings. The summed E-state index contributed by atoms with van der Waals surface area (Å²) >= 11 is 0. The van der Waals surface area contributed by atoms with Crippen molar-refractivity contribution in [3.05, 3.63) is 41.6 Å². The molecule has 0 aromatic heterocycles. The quantitative estimate of drug-likeness (QED) is 0.530. The van der Waals surface area contributed by atoms with Crippen LogP contribution in [0, 0.1) is 11.3 Å². The van der Waals surface area contributed by atoms with Gasteiger partial charge >= 0.3 is 0 Å². The lowest BCUT2D eigenvalue weighted by molar-refractivity contribution is -0.117. The number of amides is 1. The first-order valence-corrected chi connectivity index (χ1v) is 10.4. The van der Waals surface area contributed by atoms with Gasteiger partial charge in [-0.2, -0.15) is 9.57 Å². The fraction of sp³-hybridized carbons (Fsp3) is 0.444. The normalized spacial score (nSPS) is 15.9. The van der Waals surface area contributed by atoms with Crippen molar-refractivity contribution in [1.29, 1.82) is 5.26 Å². The third-order valence-electron chi connectivity index (χ3n) is 4.28. The number of piperazine rings is 1. The van der Waals surface area contributed by atoms with Crippen LogP contribution in [-0.2, 0) is 21.2 Å². The molecular weight excluding hydrogens is 368 g/mol. The van der Waals surface area contributed by atoms with Gasteiger partial charge in [0.1, 0.15) is 17.4 Å². The Morgan fingerprint density at radius 3 is 2.41 bits per heavy atom. The Labute approximate surface area is 160 Å². The van der Waals surface area contributed by atoms with E-state index in [9.17, 15) is 18.5 Å². The molecule has 146 valence electrons. The molecule has 0 spiro atoms. The molecule has 0 bridgehead atoms. The van der Waals surface area contributed by atoms with Crippen molar-refractivity contribution in [2.75, 3.05) is 46.1 Å². The maximum Gasteiger partial charge on any atom is 0.263 e. The summed E-state index contributed by atoms with van der Waals surface area (Å²) in [5.41, 5.74) is 1.06.